The number of hydrogen-bond acceptors (Lipinski definition) is 2. The Hall–Kier alpha value is -0.280. The lowest BCUT2D eigenvalue weighted by molar-refractivity contribution is -0.133. The van der Waals surface area contributed by atoms with Crippen LogP contribution in [0.5, 0.6) is 0 Å². The highest BCUT2D eigenvalue weighted by Crippen LogP contribution is 2.20. The van der Waals surface area contributed by atoms with Crippen molar-refractivity contribution in [1.29, 1.82) is 0 Å². The van der Waals surface area contributed by atoms with E-state index >= 15 is 0 Å². The van der Waals surface area contributed by atoms with E-state index in [1.807, 2.05) is 11.9 Å². The standard InChI is InChI=1S/C12H24N2O.ClH/c1-10(13)12(15)14(2)11-8-6-4-3-5-7-9-11;/h10-11H,3-9,13H2,1-2H3;1H. The van der Waals surface area contributed by atoms with Crippen LogP contribution in [0.2, 0.25) is 0 Å². The van der Waals surface area contributed by atoms with Gasteiger partial charge >= 0.3 is 0 Å². The van der Waals surface area contributed by atoms with Gasteiger partial charge < -0.3 is 10.6 Å². The van der Waals surface area contributed by atoms with Gasteiger partial charge in [0, 0.05) is 13.1 Å². The van der Waals surface area contributed by atoms with E-state index in [4.69, 9.17) is 5.73 Å². The summed E-state index contributed by atoms with van der Waals surface area (Å²) in [5, 5.41) is 0. The van der Waals surface area contributed by atoms with Crippen LogP contribution in [0.4, 0.5) is 0 Å². The number of halogens is 1. The number of likely N-dealkylation sites (N-methyl/N-ethyl adjacent to an activating group) is 1. The molecule has 16 heavy (non-hydrogen) atoms. The monoisotopic (exact) mass is 248 g/mol. The number of amides is 1. The molecule has 96 valence electrons. The molecule has 1 rings (SSSR count). The molecular formula is C12H25ClN2O. The lowest BCUT2D eigenvalue weighted by Gasteiger charge is -2.30. The van der Waals surface area contributed by atoms with Crippen molar-refractivity contribution in [2.45, 2.75) is 64.0 Å². The van der Waals surface area contributed by atoms with Gasteiger partial charge in [-0.25, -0.2) is 0 Å². The van der Waals surface area contributed by atoms with Gasteiger partial charge in [-0.05, 0) is 19.8 Å². The quantitative estimate of drug-likeness (QED) is 0.815. The molecule has 1 saturated carbocycles. The molecule has 1 amide bonds. The van der Waals surface area contributed by atoms with Gasteiger partial charge in [-0.1, -0.05) is 32.1 Å². The number of nitrogens with zero attached hydrogens (tertiary/aromatic N) is 1. The normalized spacial score (nSPS) is 20.2. The van der Waals surface area contributed by atoms with Crippen molar-refractivity contribution in [2.75, 3.05) is 7.05 Å². The minimum absolute atomic E-state index is 0. The van der Waals surface area contributed by atoms with Gasteiger partial charge in [0.2, 0.25) is 5.91 Å². The second kappa shape index (κ2) is 7.91. The summed E-state index contributed by atoms with van der Waals surface area (Å²) in [5.74, 6) is 0.0839. The van der Waals surface area contributed by atoms with Crippen molar-refractivity contribution in [2.24, 2.45) is 5.73 Å². The van der Waals surface area contributed by atoms with Crippen LogP contribution in [-0.4, -0.2) is 29.9 Å². The van der Waals surface area contributed by atoms with Gasteiger partial charge in [-0.15, -0.1) is 12.4 Å². The van der Waals surface area contributed by atoms with E-state index in [9.17, 15) is 4.79 Å². The van der Waals surface area contributed by atoms with Crippen molar-refractivity contribution < 1.29 is 4.79 Å². The summed E-state index contributed by atoms with van der Waals surface area (Å²) in [4.78, 5) is 13.6. The topological polar surface area (TPSA) is 46.3 Å². The zero-order valence-electron chi connectivity index (χ0n) is 10.4. The lowest BCUT2D eigenvalue weighted by Crippen LogP contribution is -2.45. The summed E-state index contributed by atoms with van der Waals surface area (Å²) >= 11 is 0. The Morgan fingerprint density at radius 2 is 1.62 bits per heavy atom. The Morgan fingerprint density at radius 3 is 2.06 bits per heavy atom. The minimum atomic E-state index is -0.361. The van der Waals surface area contributed by atoms with E-state index in [0.717, 1.165) is 12.8 Å². The fourth-order valence-corrected chi connectivity index (χ4v) is 2.32. The van der Waals surface area contributed by atoms with Crippen molar-refractivity contribution in [1.82, 2.24) is 4.90 Å². The van der Waals surface area contributed by atoms with Crippen molar-refractivity contribution in [3.63, 3.8) is 0 Å². The second-order valence-corrected chi connectivity index (χ2v) is 4.74. The molecule has 0 aromatic carbocycles. The average molecular weight is 249 g/mol. The van der Waals surface area contributed by atoms with Crippen LogP contribution in [0.3, 0.4) is 0 Å². The molecule has 0 radical (unpaired) electrons. The first-order valence-electron chi connectivity index (χ1n) is 6.15. The molecule has 0 aromatic rings. The zero-order chi connectivity index (χ0) is 11.3. The number of carbonyl (C=O) groups excluding carboxylic acids is 1. The third-order valence-electron chi connectivity index (χ3n) is 3.36. The van der Waals surface area contributed by atoms with Gasteiger partial charge in [0.25, 0.3) is 0 Å². The molecule has 0 heterocycles. The van der Waals surface area contributed by atoms with E-state index in [0.29, 0.717) is 6.04 Å². The molecule has 0 bridgehead atoms. The number of hydrogen-bond donors (Lipinski definition) is 1. The Morgan fingerprint density at radius 1 is 1.19 bits per heavy atom. The van der Waals surface area contributed by atoms with Crippen LogP contribution in [0.1, 0.15) is 51.9 Å². The Labute approximate surface area is 105 Å². The van der Waals surface area contributed by atoms with Gasteiger partial charge in [0.1, 0.15) is 0 Å². The summed E-state index contributed by atoms with van der Waals surface area (Å²) in [6, 6.07) is 0.0595. The van der Waals surface area contributed by atoms with Gasteiger partial charge in [-0.3, -0.25) is 4.79 Å². The van der Waals surface area contributed by atoms with Gasteiger partial charge in [0.05, 0.1) is 6.04 Å². The third-order valence-corrected chi connectivity index (χ3v) is 3.36. The van der Waals surface area contributed by atoms with E-state index in [1.165, 1.54) is 32.1 Å². The SMILES string of the molecule is CC(N)C(=O)N(C)C1CCCCCCC1.Cl. The molecule has 0 spiro atoms. The highest BCUT2D eigenvalue weighted by molar-refractivity contribution is 5.85. The molecule has 0 aliphatic heterocycles. The van der Waals surface area contributed by atoms with Crippen LogP contribution in [-0.2, 0) is 4.79 Å². The molecule has 1 fully saturated rings. The molecule has 1 aliphatic rings. The molecular weight excluding hydrogens is 224 g/mol. The van der Waals surface area contributed by atoms with Crippen LogP contribution in [0.15, 0.2) is 0 Å². The van der Waals surface area contributed by atoms with E-state index < -0.39 is 0 Å². The van der Waals surface area contributed by atoms with Gasteiger partial charge in [-0.2, -0.15) is 0 Å². The van der Waals surface area contributed by atoms with Crippen LogP contribution < -0.4 is 5.73 Å². The summed E-state index contributed by atoms with van der Waals surface area (Å²) in [5.41, 5.74) is 5.62. The second-order valence-electron chi connectivity index (χ2n) is 4.74. The maximum atomic E-state index is 11.7. The van der Waals surface area contributed by atoms with Crippen molar-refractivity contribution >= 4 is 18.3 Å². The van der Waals surface area contributed by atoms with Crippen molar-refractivity contribution in [3.05, 3.63) is 0 Å². The third kappa shape index (κ3) is 4.71. The predicted octanol–water partition coefficient (Wildman–Crippen LogP) is 2.33. The van der Waals surface area contributed by atoms with Crippen LogP contribution in [0, 0.1) is 0 Å². The molecule has 0 saturated heterocycles. The van der Waals surface area contributed by atoms with Gasteiger partial charge in [0.15, 0.2) is 0 Å². The first kappa shape index (κ1) is 15.7. The van der Waals surface area contributed by atoms with Crippen molar-refractivity contribution in [3.8, 4) is 0 Å². The van der Waals surface area contributed by atoms with E-state index in [1.54, 1.807) is 6.92 Å². The summed E-state index contributed by atoms with van der Waals surface area (Å²) in [6.07, 6.45) is 8.79. The maximum Gasteiger partial charge on any atom is 0.239 e. The molecule has 0 aromatic heterocycles. The highest BCUT2D eigenvalue weighted by Gasteiger charge is 2.22. The number of carbonyl (C=O) groups is 1. The average Bonchev–Trinajstić information content (AvgIpc) is 2.15. The summed E-state index contributed by atoms with van der Waals surface area (Å²) in [7, 11) is 1.90. The summed E-state index contributed by atoms with van der Waals surface area (Å²) in [6.45, 7) is 1.77. The molecule has 4 heteroatoms. The molecule has 1 aliphatic carbocycles. The van der Waals surface area contributed by atoms with E-state index in [2.05, 4.69) is 0 Å². The smallest absolute Gasteiger partial charge is 0.239 e. The first-order chi connectivity index (χ1) is 7.13. The number of rotatable bonds is 2. The zero-order valence-corrected chi connectivity index (χ0v) is 11.3. The molecule has 3 nitrogen and oxygen atoms in total. The Kier molecular flexibility index (Phi) is 7.77. The Bertz CT molecular complexity index is 201. The maximum absolute atomic E-state index is 11.7. The Balaban J connectivity index is 0.00000225. The van der Waals surface area contributed by atoms with Crippen LogP contribution in [0.25, 0.3) is 0 Å². The fraction of sp³-hybridized carbons (Fsp3) is 0.917. The predicted molar refractivity (Wildman–Crippen MR) is 69.8 cm³/mol. The fourth-order valence-electron chi connectivity index (χ4n) is 2.32. The number of nitrogens with two attached hydrogens (primary N) is 1. The largest absolute Gasteiger partial charge is 0.341 e. The minimum Gasteiger partial charge on any atom is -0.341 e. The first-order valence-corrected chi connectivity index (χ1v) is 6.15. The summed E-state index contributed by atoms with van der Waals surface area (Å²) < 4.78 is 0. The van der Waals surface area contributed by atoms with E-state index in [-0.39, 0.29) is 24.4 Å². The molecule has 2 N–H and O–H groups in total. The molecule has 1 unspecified atom stereocenters. The van der Waals surface area contributed by atoms with Crippen LogP contribution >= 0.6 is 12.4 Å². The lowest BCUT2D eigenvalue weighted by atomic mass is 9.95. The highest BCUT2D eigenvalue weighted by atomic mass is 35.5. The molecule has 1 atom stereocenters.